The molecule has 0 spiro atoms. The average Bonchev–Trinajstić information content (AvgIpc) is 3.20. The summed E-state index contributed by atoms with van der Waals surface area (Å²) < 4.78 is 1.76. The van der Waals surface area contributed by atoms with Gasteiger partial charge in [0.1, 0.15) is 12.1 Å². The lowest BCUT2D eigenvalue weighted by Gasteiger charge is -2.38. The minimum absolute atomic E-state index is 0.0153. The summed E-state index contributed by atoms with van der Waals surface area (Å²) in [5.41, 5.74) is 1.68. The van der Waals surface area contributed by atoms with Crippen LogP contribution in [0.5, 0.6) is 0 Å². The first-order valence-corrected chi connectivity index (χ1v) is 10.5. The Morgan fingerprint density at radius 1 is 1.00 bits per heavy atom. The number of fused-ring (bicyclic) bond motifs is 2. The Kier molecular flexibility index (Phi) is 4.99. The number of benzene rings is 2. The van der Waals surface area contributed by atoms with Crippen LogP contribution in [-0.4, -0.2) is 62.8 Å². The van der Waals surface area contributed by atoms with Crippen molar-refractivity contribution in [1.82, 2.24) is 24.6 Å². The smallest absolute Gasteiger partial charge is 0.241 e. The standard InChI is InChI=1S/C23H25N7O/c1-16(23(31)27-20-9-5-7-17-6-3-4-8-18(17)20)29-10-12-30(13-11-29)22-19-14-26-28(2)21(19)24-15-25-22/h3-9,14-16H,10-13H2,1-2H3,(H,27,31). The van der Waals surface area contributed by atoms with Crippen molar-refractivity contribution in [2.75, 3.05) is 36.4 Å². The van der Waals surface area contributed by atoms with Gasteiger partial charge in [0, 0.05) is 44.3 Å². The third-order valence-electron chi connectivity index (χ3n) is 6.10. The first-order valence-electron chi connectivity index (χ1n) is 10.5. The SMILES string of the molecule is CC(C(=O)Nc1cccc2ccccc12)N1CCN(c2ncnc3c2cnn3C)CC1. The maximum atomic E-state index is 13.0. The van der Waals surface area contributed by atoms with E-state index in [1.807, 2.05) is 50.5 Å². The molecule has 2 aromatic carbocycles. The number of aryl methyl sites for hydroxylation is 1. The highest BCUT2D eigenvalue weighted by molar-refractivity contribution is 6.03. The maximum absolute atomic E-state index is 13.0. The van der Waals surface area contributed by atoms with E-state index in [4.69, 9.17) is 0 Å². The predicted molar refractivity (Wildman–Crippen MR) is 122 cm³/mol. The fourth-order valence-corrected chi connectivity index (χ4v) is 4.26. The molecule has 8 heteroatoms. The number of rotatable bonds is 4. The van der Waals surface area contributed by atoms with Gasteiger partial charge in [-0.2, -0.15) is 5.10 Å². The van der Waals surface area contributed by atoms with Gasteiger partial charge in [0.15, 0.2) is 5.65 Å². The average molecular weight is 416 g/mol. The number of amides is 1. The number of nitrogens with one attached hydrogen (secondary N) is 1. The van der Waals surface area contributed by atoms with Crippen LogP contribution in [-0.2, 0) is 11.8 Å². The monoisotopic (exact) mass is 415 g/mol. The van der Waals surface area contributed by atoms with Gasteiger partial charge in [-0.3, -0.25) is 14.4 Å². The second kappa shape index (κ2) is 7.96. The summed E-state index contributed by atoms with van der Waals surface area (Å²) in [6.07, 6.45) is 3.41. The number of carbonyl (C=O) groups excluding carboxylic acids is 1. The molecule has 31 heavy (non-hydrogen) atoms. The van der Waals surface area contributed by atoms with Crippen LogP contribution in [0.2, 0.25) is 0 Å². The molecule has 158 valence electrons. The lowest BCUT2D eigenvalue weighted by molar-refractivity contribution is -0.120. The van der Waals surface area contributed by atoms with E-state index in [9.17, 15) is 4.79 Å². The number of nitrogens with zero attached hydrogens (tertiary/aromatic N) is 6. The highest BCUT2D eigenvalue weighted by atomic mass is 16.2. The highest BCUT2D eigenvalue weighted by Crippen LogP contribution is 2.25. The van der Waals surface area contributed by atoms with E-state index in [1.54, 1.807) is 11.0 Å². The molecule has 1 aliphatic rings. The molecule has 0 aliphatic carbocycles. The van der Waals surface area contributed by atoms with Crippen LogP contribution in [0, 0.1) is 0 Å². The molecular formula is C23H25N7O. The number of hydrogen-bond acceptors (Lipinski definition) is 6. The summed E-state index contributed by atoms with van der Waals surface area (Å²) in [6, 6.07) is 13.9. The summed E-state index contributed by atoms with van der Waals surface area (Å²) >= 11 is 0. The minimum Gasteiger partial charge on any atom is -0.353 e. The zero-order chi connectivity index (χ0) is 21.4. The first kappa shape index (κ1) is 19.4. The number of carbonyl (C=O) groups is 1. The van der Waals surface area contributed by atoms with Crippen LogP contribution < -0.4 is 10.2 Å². The maximum Gasteiger partial charge on any atom is 0.241 e. The van der Waals surface area contributed by atoms with Crippen molar-refractivity contribution in [2.45, 2.75) is 13.0 Å². The zero-order valence-corrected chi connectivity index (χ0v) is 17.7. The van der Waals surface area contributed by atoms with Crippen LogP contribution >= 0.6 is 0 Å². The van der Waals surface area contributed by atoms with E-state index < -0.39 is 0 Å². The first-order chi connectivity index (χ1) is 15.1. The van der Waals surface area contributed by atoms with Crippen molar-refractivity contribution in [3.63, 3.8) is 0 Å². The Bertz CT molecular complexity index is 1240. The molecule has 1 unspecified atom stereocenters. The molecule has 1 fully saturated rings. The molecule has 0 bridgehead atoms. The van der Waals surface area contributed by atoms with Gasteiger partial charge in [0.25, 0.3) is 0 Å². The van der Waals surface area contributed by atoms with Gasteiger partial charge >= 0.3 is 0 Å². The van der Waals surface area contributed by atoms with E-state index in [0.29, 0.717) is 0 Å². The molecule has 3 heterocycles. The van der Waals surface area contributed by atoms with E-state index in [0.717, 1.165) is 59.5 Å². The Morgan fingerprint density at radius 2 is 1.77 bits per heavy atom. The van der Waals surface area contributed by atoms with E-state index in [2.05, 4.69) is 42.3 Å². The summed E-state index contributed by atoms with van der Waals surface area (Å²) in [4.78, 5) is 26.3. The normalized spacial score (nSPS) is 16.0. The van der Waals surface area contributed by atoms with Crippen LogP contribution in [0.25, 0.3) is 21.8 Å². The molecule has 8 nitrogen and oxygen atoms in total. The molecule has 0 saturated carbocycles. The quantitative estimate of drug-likeness (QED) is 0.552. The second-order valence-electron chi connectivity index (χ2n) is 7.92. The van der Waals surface area contributed by atoms with Crippen LogP contribution in [0.3, 0.4) is 0 Å². The van der Waals surface area contributed by atoms with Crippen LogP contribution in [0.1, 0.15) is 6.92 Å². The summed E-state index contributed by atoms with van der Waals surface area (Å²) in [6.45, 7) is 5.14. The summed E-state index contributed by atoms with van der Waals surface area (Å²) in [7, 11) is 1.88. The van der Waals surface area contributed by atoms with Crippen molar-refractivity contribution in [2.24, 2.45) is 7.05 Å². The van der Waals surface area contributed by atoms with E-state index in [-0.39, 0.29) is 11.9 Å². The van der Waals surface area contributed by atoms with Gasteiger partial charge in [-0.05, 0) is 18.4 Å². The van der Waals surface area contributed by atoms with Crippen molar-refractivity contribution < 1.29 is 4.79 Å². The molecule has 2 aromatic heterocycles. The molecule has 1 atom stereocenters. The number of anilines is 2. The molecule has 0 radical (unpaired) electrons. The predicted octanol–water partition coefficient (Wildman–Crippen LogP) is 2.67. The Balaban J connectivity index is 1.26. The highest BCUT2D eigenvalue weighted by Gasteiger charge is 2.27. The van der Waals surface area contributed by atoms with Gasteiger partial charge in [-0.1, -0.05) is 36.4 Å². The van der Waals surface area contributed by atoms with Crippen molar-refractivity contribution in [3.8, 4) is 0 Å². The number of hydrogen-bond donors (Lipinski definition) is 1. The lowest BCUT2D eigenvalue weighted by atomic mass is 10.1. The Labute approximate surface area is 180 Å². The minimum atomic E-state index is -0.218. The third kappa shape index (κ3) is 3.59. The lowest BCUT2D eigenvalue weighted by Crippen LogP contribution is -2.53. The second-order valence-corrected chi connectivity index (χ2v) is 7.92. The molecule has 1 N–H and O–H groups in total. The topological polar surface area (TPSA) is 79.2 Å². The van der Waals surface area contributed by atoms with E-state index in [1.165, 1.54) is 0 Å². The van der Waals surface area contributed by atoms with Crippen molar-refractivity contribution in [1.29, 1.82) is 0 Å². The van der Waals surface area contributed by atoms with Crippen LogP contribution in [0.15, 0.2) is 55.0 Å². The Hall–Kier alpha value is -3.52. The molecule has 1 amide bonds. The zero-order valence-electron chi connectivity index (χ0n) is 17.7. The van der Waals surface area contributed by atoms with Gasteiger partial charge in [0.05, 0.1) is 17.6 Å². The van der Waals surface area contributed by atoms with Gasteiger partial charge in [-0.15, -0.1) is 0 Å². The fraction of sp³-hybridized carbons (Fsp3) is 0.304. The number of aromatic nitrogens is 4. The van der Waals surface area contributed by atoms with E-state index >= 15 is 0 Å². The van der Waals surface area contributed by atoms with Crippen LogP contribution in [0.4, 0.5) is 11.5 Å². The van der Waals surface area contributed by atoms with Gasteiger partial charge in [-0.25, -0.2) is 9.97 Å². The molecule has 5 rings (SSSR count). The third-order valence-corrected chi connectivity index (χ3v) is 6.10. The summed E-state index contributed by atoms with van der Waals surface area (Å²) in [5, 5.41) is 10.6. The van der Waals surface area contributed by atoms with Crippen molar-refractivity contribution in [3.05, 3.63) is 55.0 Å². The van der Waals surface area contributed by atoms with Gasteiger partial charge < -0.3 is 10.2 Å². The fourth-order valence-electron chi connectivity index (χ4n) is 4.26. The molecule has 4 aromatic rings. The molecular weight excluding hydrogens is 390 g/mol. The largest absolute Gasteiger partial charge is 0.353 e. The molecule has 1 saturated heterocycles. The molecule has 1 aliphatic heterocycles. The summed E-state index contributed by atoms with van der Waals surface area (Å²) in [5.74, 6) is 0.923. The van der Waals surface area contributed by atoms with Gasteiger partial charge in [0.2, 0.25) is 5.91 Å². The van der Waals surface area contributed by atoms with Crippen molar-refractivity contribution >= 4 is 39.2 Å². The number of piperazine rings is 1. The Morgan fingerprint density at radius 3 is 2.61 bits per heavy atom.